The Morgan fingerprint density at radius 1 is 1.25 bits per heavy atom. The van der Waals surface area contributed by atoms with Crippen LogP contribution in [-0.2, 0) is 4.74 Å². The van der Waals surface area contributed by atoms with Crippen LogP contribution in [0.25, 0.3) is 11.0 Å². The van der Waals surface area contributed by atoms with Gasteiger partial charge < -0.3 is 9.72 Å². The van der Waals surface area contributed by atoms with E-state index in [4.69, 9.17) is 4.74 Å². The Morgan fingerprint density at radius 3 is 2.70 bits per heavy atom. The molecular formula is C15H12BrFN2O. The molecule has 0 aliphatic carbocycles. The zero-order valence-electron chi connectivity index (χ0n) is 10.7. The first-order chi connectivity index (χ1) is 9.69. The van der Waals surface area contributed by atoms with Crippen LogP contribution >= 0.6 is 15.9 Å². The van der Waals surface area contributed by atoms with E-state index >= 15 is 0 Å². The summed E-state index contributed by atoms with van der Waals surface area (Å²) in [7, 11) is 1.63. The van der Waals surface area contributed by atoms with E-state index in [0.717, 1.165) is 5.56 Å². The fourth-order valence-electron chi connectivity index (χ4n) is 2.18. The summed E-state index contributed by atoms with van der Waals surface area (Å²) in [6.45, 7) is 0. The SMILES string of the molecule is COC(c1ccccc1)c1nc2cc(Br)c(F)cc2[nH]1. The van der Waals surface area contributed by atoms with E-state index in [9.17, 15) is 4.39 Å². The summed E-state index contributed by atoms with van der Waals surface area (Å²) >= 11 is 3.16. The molecule has 1 aromatic heterocycles. The average Bonchev–Trinajstić information content (AvgIpc) is 2.84. The van der Waals surface area contributed by atoms with Gasteiger partial charge in [-0.05, 0) is 27.6 Å². The van der Waals surface area contributed by atoms with Gasteiger partial charge in [0.15, 0.2) is 0 Å². The van der Waals surface area contributed by atoms with Crippen molar-refractivity contribution in [2.45, 2.75) is 6.10 Å². The summed E-state index contributed by atoms with van der Waals surface area (Å²) in [5.74, 6) is 0.340. The smallest absolute Gasteiger partial charge is 0.141 e. The minimum absolute atomic E-state index is 0.301. The summed E-state index contributed by atoms with van der Waals surface area (Å²) in [5, 5.41) is 0. The molecule has 0 saturated heterocycles. The van der Waals surface area contributed by atoms with Crippen molar-refractivity contribution in [3.05, 3.63) is 64.1 Å². The van der Waals surface area contributed by atoms with Gasteiger partial charge in [0.2, 0.25) is 0 Å². The molecular weight excluding hydrogens is 323 g/mol. The van der Waals surface area contributed by atoms with Crippen molar-refractivity contribution >= 4 is 27.0 Å². The molecule has 2 aromatic carbocycles. The van der Waals surface area contributed by atoms with Gasteiger partial charge in [-0.15, -0.1) is 0 Å². The van der Waals surface area contributed by atoms with Crippen LogP contribution in [0.5, 0.6) is 0 Å². The highest BCUT2D eigenvalue weighted by Crippen LogP contribution is 2.27. The van der Waals surface area contributed by atoms with Crippen LogP contribution < -0.4 is 0 Å². The third kappa shape index (κ3) is 2.34. The molecule has 0 bridgehead atoms. The summed E-state index contributed by atoms with van der Waals surface area (Å²) in [4.78, 5) is 7.60. The number of nitrogens with one attached hydrogen (secondary N) is 1. The van der Waals surface area contributed by atoms with Crippen LogP contribution in [0, 0.1) is 5.82 Å². The van der Waals surface area contributed by atoms with Crippen LogP contribution in [0.3, 0.4) is 0 Å². The molecule has 0 amide bonds. The second-order valence-electron chi connectivity index (χ2n) is 4.43. The molecule has 0 fully saturated rings. The van der Waals surface area contributed by atoms with Crippen LogP contribution in [0.4, 0.5) is 4.39 Å². The molecule has 20 heavy (non-hydrogen) atoms. The number of hydrogen-bond acceptors (Lipinski definition) is 2. The normalized spacial score (nSPS) is 12.8. The number of ether oxygens (including phenoxy) is 1. The number of fused-ring (bicyclic) bond motifs is 1. The summed E-state index contributed by atoms with van der Waals surface area (Å²) in [5.41, 5.74) is 2.35. The highest BCUT2D eigenvalue weighted by Gasteiger charge is 2.18. The molecule has 0 radical (unpaired) electrons. The molecule has 0 saturated carbocycles. The van der Waals surface area contributed by atoms with E-state index in [1.807, 2.05) is 30.3 Å². The highest BCUT2D eigenvalue weighted by atomic mass is 79.9. The number of benzene rings is 2. The summed E-state index contributed by atoms with van der Waals surface area (Å²) < 4.78 is 19.5. The number of nitrogens with zero attached hydrogens (tertiary/aromatic N) is 1. The maximum Gasteiger partial charge on any atom is 0.141 e. The van der Waals surface area contributed by atoms with Crippen molar-refractivity contribution in [3.63, 3.8) is 0 Å². The Labute approximate surface area is 123 Å². The van der Waals surface area contributed by atoms with E-state index in [0.29, 0.717) is 21.3 Å². The maximum absolute atomic E-state index is 13.5. The van der Waals surface area contributed by atoms with Gasteiger partial charge >= 0.3 is 0 Å². The molecule has 0 spiro atoms. The molecule has 5 heteroatoms. The zero-order chi connectivity index (χ0) is 14.1. The van der Waals surface area contributed by atoms with E-state index in [1.54, 1.807) is 13.2 Å². The number of aromatic nitrogens is 2. The van der Waals surface area contributed by atoms with Crippen molar-refractivity contribution < 1.29 is 9.13 Å². The van der Waals surface area contributed by atoms with E-state index < -0.39 is 0 Å². The van der Waals surface area contributed by atoms with Gasteiger partial charge in [-0.3, -0.25) is 0 Å². The maximum atomic E-state index is 13.5. The van der Waals surface area contributed by atoms with Crippen LogP contribution in [0.1, 0.15) is 17.5 Å². The lowest BCUT2D eigenvalue weighted by Crippen LogP contribution is -2.05. The standard InChI is InChI=1S/C15H12BrFN2O/c1-20-14(9-5-3-2-4-6-9)15-18-12-7-10(16)11(17)8-13(12)19-15/h2-8,14H,1H3,(H,18,19). The predicted octanol–water partition coefficient (Wildman–Crippen LogP) is 4.20. The zero-order valence-corrected chi connectivity index (χ0v) is 12.3. The van der Waals surface area contributed by atoms with Crippen LogP contribution in [-0.4, -0.2) is 17.1 Å². The van der Waals surface area contributed by atoms with Crippen LogP contribution in [0.15, 0.2) is 46.9 Å². The molecule has 1 unspecified atom stereocenters. The van der Waals surface area contributed by atoms with Gasteiger partial charge in [0.1, 0.15) is 17.7 Å². The monoisotopic (exact) mass is 334 g/mol. The van der Waals surface area contributed by atoms with E-state index in [1.165, 1.54) is 6.07 Å². The lowest BCUT2D eigenvalue weighted by atomic mass is 10.1. The first kappa shape index (κ1) is 13.3. The van der Waals surface area contributed by atoms with Gasteiger partial charge in [0.05, 0.1) is 15.5 Å². The van der Waals surface area contributed by atoms with Gasteiger partial charge in [-0.1, -0.05) is 30.3 Å². The fourth-order valence-corrected chi connectivity index (χ4v) is 2.51. The first-order valence-corrected chi connectivity index (χ1v) is 6.90. The molecule has 1 N–H and O–H groups in total. The number of rotatable bonds is 3. The molecule has 1 atom stereocenters. The molecule has 3 nitrogen and oxygen atoms in total. The topological polar surface area (TPSA) is 37.9 Å². The van der Waals surface area contributed by atoms with E-state index in [-0.39, 0.29) is 11.9 Å². The molecule has 1 heterocycles. The fraction of sp³-hybridized carbons (Fsp3) is 0.133. The number of halogens is 2. The van der Waals surface area contributed by atoms with Gasteiger partial charge in [0.25, 0.3) is 0 Å². The van der Waals surface area contributed by atoms with E-state index in [2.05, 4.69) is 25.9 Å². The molecule has 3 aromatic rings. The van der Waals surface area contributed by atoms with Crippen molar-refractivity contribution in [1.82, 2.24) is 9.97 Å². The quantitative estimate of drug-likeness (QED) is 0.779. The minimum Gasteiger partial charge on any atom is -0.369 e. The number of imidazole rings is 1. The molecule has 0 aliphatic rings. The highest BCUT2D eigenvalue weighted by molar-refractivity contribution is 9.10. The minimum atomic E-state index is -0.318. The third-order valence-electron chi connectivity index (χ3n) is 3.13. The average molecular weight is 335 g/mol. The Balaban J connectivity index is 2.09. The second kappa shape index (κ2) is 5.34. The first-order valence-electron chi connectivity index (χ1n) is 6.11. The van der Waals surface area contributed by atoms with Crippen LogP contribution in [0.2, 0.25) is 0 Å². The Hall–Kier alpha value is -1.72. The van der Waals surface area contributed by atoms with Gasteiger partial charge in [-0.2, -0.15) is 0 Å². The predicted molar refractivity (Wildman–Crippen MR) is 79.0 cm³/mol. The Bertz CT molecular complexity index is 703. The number of aromatic amines is 1. The Kier molecular flexibility index (Phi) is 3.54. The van der Waals surface area contributed by atoms with Crippen molar-refractivity contribution in [1.29, 1.82) is 0 Å². The van der Waals surface area contributed by atoms with Crippen molar-refractivity contribution in [2.75, 3.05) is 7.11 Å². The molecule has 3 rings (SSSR count). The van der Waals surface area contributed by atoms with Gasteiger partial charge in [-0.25, -0.2) is 9.37 Å². The summed E-state index contributed by atoms with van der Waals surface area (Å²) in [6, 6.07) is 12.9. The van der Waals surface area contributed by atoms with Crippen molar-refractivity contribution in [3.8, 4) is 0 Å². The second-order valence-corrected chi connectivity index (χ2v) is 5.29. The van der Waals surface area contributed by atoms with Gasteiger partial charge in [0, 0.05) is 13.2 Å². The third-order valence-corrected chi connectivity index (χ3v) is 3.74. The number of hydrogen-bond donors (Lipinski definition) is 1. The molecule has 0 aliphatic heterocycles. The summed E-state index contributed by atoms with van der Waals surface area (Å²) in [6.07, 6.45) is -0.301. The Morgan fingerprint density at radius 2 is 2.00 bits per heavy atom. The van der Waals surface area contributed by atoms with Crippen molar-refractivity contribution in [2.24, 2.45) is 0 Å². The number of methoxy groups -OCH3 is 1. The lowest BCUT2D eigenvalue weighted by molar-refractivity contribution is 0.130. The lowest BCUT2D eigenvalue weighted by Gasteiger charge is -2.12. The largest absolute Gasteiger partial charge is 0.369 e. The molecule has 102 valence electrons. The number of H-pyrrole nitrogens is 1.